The van der Waals surface area contributed by atoms with E-state index in [1.165, 1.54) is 0 Å². The van der Waals surface area contributed by atoms with Crippen LogP contribution in [0.3, 0.4) is 0 Å². The molecule has 4 nitrogen and oxygen atoms in total. The molecule has 1 heterocycles. The molecule has 0 spiro atoms. The van der Waals surface area contributed by atoms with Crippen molar-refractivity contribution in [2.75, 3.05) is 33.4 Å². The van der Waals surface area contributed by atoms with Gasteiger partial charge in [-0.25, -0.2) is 0 Å². The summed E-state index contributed by atoms with van der Waals surface area (Å²) in [5.41, 5.74) is 0. The third-order valence-electron chi connectivity index (χ3n) is 2.91. The number of likely N-dealkylation sites (tertiary alicyclic amines) is 1. The molecule has 1 unspecified atom stereocenters. The molecule has 18 heavy (non-hydrogen) atoms. The van der Waals surface area contributed by atoms with Crippen LogP contribution < -0.4 is 5.32 Å². The predicted octanol–water partition coefficient (Wildman–Crippen LogP) is 1.17. The van der Waals surface area contributed by atoms with E-state index in [4.69, 9.17) is 0 Å². The summed E-state index contributed by atoms with van der Waals surface area (Å²) in [4.78, 5) is 13.4. The van der Waals surface area contributed by atoms with Crippen LogP contribution in [0.1, 0.15) is 19.3 Å². The SMILES string of the molecule is CNC1CCCN(C(=O)CCOCC(F)(F)F)C1. The molecule has 0 aliphatic carbocycles. The van der Waals surface area contributed by atoms with E-state index < -0.39 is 12.8 Å². The first-order chi connectivity index (χ1) is 8.42. The maximum absolute atomic E-state index is 11.8. The van der Waals surface area contributed by atoms with Crippen molar-refractivity contribution < 1.29 is 22.7 Å². The molecule has 1 rings (SSSR count). The van der Waals surface area contributed by atoms with Gasteiger partial charge >= 0.3 is 6.18 Å². The van der Waals surface area contributed by atoms with Crippen molar-refractivity contribution in [2.24, 2.45) is 0 Å². The molecule has 0 aromatic carbocycles. The predicted molar refractivity (Wildman–Crippen MR) is 60.2 cm³/mol. The Bertz CT molecular complexity index is 272. The second-order valence-electron chi connectivity index (χ2n) is 4.39. The van der Waals surface area contributed by atoms with E-state index in [9.17, 15) is 18.0 Å². The van der Waals surface area contributed by atoms with Crippen LogP contribution in [0.5, 0.6) is 0 Å². The zero-order valence-electron chi connectivity index (χ0n) is 10.4. The van der Waals surface area contributed by atoms with Crippen LogP contribution in [-0.4, -0.2) is 56.4 Å². The van der Waals surface area contributed by atoms with Gasteiger partial charge in [0.05, 0.1) is 13.0 Å². The molecule has 1 atom stereocenters. The summed E-state index contributed by atoms with van der Waals surface area (Å²) in [6.07, 6.45) is -2.39. The average Bonchev–Trinajstić information content (AvgIpc) is 2.33. The van der Waals surface area contributed by atoms with E-state index in [1.807, 2.05) is 7.05 Å². The Morgan fingerprint density at radius 1 is 1.50 bits per heavy atom. The third kappa shape index (κ3) is 5.68. The lowest BCUT2D eigenvalue weighted by Crippen LogP contribution is -2.47. The minimum atomic E-state index is -4.33. The summed E-state index contributed by atoms with van der Waals surface area (Å²) < 4.78 is 39.8. The molecule has 1 aliphatic heterocycles. The van der Waals surface area contributed by atoms with Gasteiger partial charge in [0.15, 0.2) is 0 Å². The molecule has 106 valence electrons. The lowest BCUT2D eigenvalue weighted by atomic mass is 10.1. The third-order valence-corrected chi connectivity index (χ3v) is 2.91. The largest absolute Gasteiger partial charge is 0.411 e. The van der Waals surface area contributed by atoms with Gasteiger partial charge in [0.1, 0.15) is 6.61 Å². The smallest absolute Gasteiger partial charge is 0.372 e. The van der Waals surface area contributed by atoms with Gasteiger partial charge in [-0.2, -0.15) is 13.2 Å². The van der Waals surface area contributed by atoms with Gasteiger partial charge in [-0.15, -0.1) is 0 Å². The molecule has 1 fully saturated rings. The van der Waals surface area contributed by atoms with Gasteiger partial charge in [-0.3, -0.25) is 4.79 Å². The fourth-order valence-electron chi connectivity index (χ4n) is 1.94. The summed E-state index contributed by atoms with van der Waals surface area (Å²) in [7, 11) is 1.84. The Kier molecular flexibility index (Phi) is 5.87. The van der Waals surface area contributed by atoms with E-state index in [2.05, 4.69) is 10.1 Å². The van der Waals surface area contributed by atoms with Crippen LogP contribution in [0.4, 0.5) is 13.2 Å². The highest BCUT2D eigenvalue weighted by Gasteiger charge is 2.28. The Hall–Kier alpha value is -0.820. The molecular weight excluding hydrogens is 249 g/mol. The summed E-state index contributed by atoms with van der Waals surface area (Å²) in [6.45, 7) is -0.177. The maximum Gasteiger partial charge on any atom is 0.411 e. The number of ether oxygens (including phenoxy) is 1. The van der Waals surface area contributed by atoms with Gasteiger partial charge in [-0.05, 0) is 19.9 Å². The van der Waals surface area contributed by atoms with Crippen LogP contribution in [-0.2, 0) is 9.53 Å². The van der Waals surface area contributed by atoms with Crippen molar-refractivity contribution in [3.05, 3.63) is 0 Å². The van der Waals surface area contributed by atoms with Crippen LogP contribution in [0.2, 0.25) is 0 Å². The quantitative estimate of drug-likeness (QED) is 0.761. The number of likely N-dealkylation sites (N-methyl/N-ethyl adjacent to an activating group) is 1. The van der Waals surface area contributed by atoms with Crippen molar-refractivity contribution in [1.29, 1.82) is 0 Å². The number of piperidine rings is 1. The second kappa shape index (κ2) is 6.94. The Labute approximate surface area is 104 Å². The van der Waals surface area contributed by atoms with E-state index in [-0.39, 0.29) is 25.0 Å². The van der Waals surface area contributed by atoms with Gasteiger partial charge < -0.3 is 15.0 Å². The topological polar surface area (TPSA) is 41.6 Å². The van der Waals surface area contributed by atoms with Crippen LogP contribution in [0.25, 0.3) is 0 Å². The van der Waals surface area contributed by atoms with Gasteiger partial charge in [0.25, 0.3) is 0 Å². The van der Waals surface area contributed by atoms with Crippen LogP contribution >= 0.6 is 0 Å². The highest BCUT2D eigenvalue weighted by molar-refractivity contribution is 5.76. The lowest BCUT2D eigenvalue weighted by molar-refractivity contribution is -0.175. The number of hydrogen-bond acceptors (Lipinski definition) is 3. The van der Waals surface area contributed by atoms with E-state index in [0.29, 0.717) is 13.1 Å². The first-order valence-electron chi connectivity index (χ1n) is 6.02. The minimum absolute atomic E-state index is 0.00646. The summed E-state index contributed by atoms with van der Waals surface area (Å²) in [6, 6.07) is 0.277. The number of nitrogens with one attached hydrogen (secondary N) is 1. The molecule has 1 saturated heterocycles. The van der Waals surface area contributed by atoms with Gasteiger partial charge in [0, 0.05) is 19.1 Å². The van der Waals surface area contributed by atoms with E-state index in [1.54, 1.807) is 4.90 Å². The van der Waals surface area contributed by atoms with Gasteiger partial charge in [-0.1, -0.05) is 0 Å². The zero-order valence-corrected chi connectivity index (χ0v) is 10.4. The summed E-state index contributed by atoms with van der Waals surface area (Å²) in [5, 5.41) is 3.10. The molecular formula is C11H19F3N2O2. The fraction of sp³-hybridized carbons (Fsp3) is 0.909. The molecule has 1 amide bonds. The van der Waals surface area contributed by atoms with Gasteiger partial charge in [0.2, 0.25) is 5.91 Å². The van der Waals surface area contributed by atoms with Crippen LogP contribution in [0.15, 0.2) is 0 Å². The lowest BCUT2D eigenvalue weighted by Gasteiger charge is -2.32. The van der Waals surface area contributed by atoms with Crippen molar-refractivity contribution in [3.63, 3.8) is 0 Å². The molecule has 0 bridgehead atoms. The Balaban J connectivity index is 2.20. The van der Waals surface area contributed by atoms with Crippen molar-refractivity contribution in [3.8, 4) is 0 Å². The standard InChI is InChI=1S/C11H19F3N2O2/c1-15-9-3-2-5-16(7-9)10(17)4-6-18-8-11(12,13)14/h9,15H,2-8H2,1H3. The number of hydrogen-bond donors (Lipinski definition) is 1. The van der Waals surface area contributed by atoms with Crippen molar-refractivity contribution in [2.45, 2.75) is 31.5 Å². The molecule has 0 radical (unpaired) electrons. The number of rotatable bonds is 5. The van der Waals surface area contributed by atoms with Crippen molar-refractivity contribution in [1.82, 2.24) is 10.2 Å². The second-order valence-corrected chi connectivity index (χ2v) is 4.39. The molecule has 0 aromatic rings. The number of carbonyl (C=O) groups excluding carboxylic acids is 1. The molecule has 0 saturated carbocycles. The summed E-state index contributed by atoms with van der Waals surface area (Å²) >= 11 is 0. The first kappa shape index (κ1) is 15.2. The highest BCUT2D eigenvalue weighted by Crippen LogP contribution is 2.15. The Morgan fingerprint density at radius 3 is 2.83 bits per heavy atom. The average molecular weight is 268 g/mol. The fourth-order valence-corrected chi connectivity index (χ4v) is 1.94. The van der Waals surface area contributed by atoms with E-state index in [0.717, 1.165) is 12.8 Å². The minimum Gasteiger partial charge on any atom is -0.372 e. The number of halogens is 3. The number of nitrogens with zero attached hydrogens (tertiary/aromatic N) is 1. The number of carbonyl (C=O) groups is 1. The van der Waals surface area contributed by atoms with E-state index >= 15 is 0 Å². The molecule has 7 heteroatoms. The number of amides is 1. The highest BCUT2D eigenvalue weighted by atomic mass is 19.4. The normalized spacial score (nSPS) is 21.1. The zero-order chi connectivity index (χ0) is 13.6. The molecule has 1 aliphatic rings. The molecule has 1 N–H and O–H groups in total. The molecule has 0 aromatic heterocycles. The Morgan fingerprint density at radius 2 is 2.22 bits per heavy atom. The summed E-state index contributed by atoms with van der Waals surface area (Å²) in [5.74, 6) is -0.142. The van der Waals surface area contributed by atoms with Crippen molar-refractivity contribution >= 4 is 5.91 Å². The first-order valence-corrected chi connectivity index (χ1v) is 6.02. The number of alkyl halides is 3. The maximum atomic E-state index is 11.8. The van der Waals surface area contributed by atoms with Crippen LogP contribution in [0, 0.1) is 0 Å². The monoisotopic (exact) mass is 268 g/mol.